The number of amides is 1. The summed E-state index contributed by atoms with van der Waals surface area (Å²) in [5.41, 5.74) is -0.696. The van der Waals surface area contributed by atoms with E-state index in [0.29, 0.717) is 0 Å². The Labute approximate surface area is 93.0 Å². The van der Waals surface area contributed by atoms with E-state index in [-0.39, 0.29) is 11.6 Å². The van der Waals surface area contributed by atoms with Crippen molar-refractivity contribution < 1.29 is 9.53 Å². The molecule has 4 nitrogen and oxygen atoms in total. The third kappa shape index (κ3) is 5.02. The van der Waals surface area contributed by atoms with Crippen molar-refractivity contribution in [2.75, 3.05) is 20.6 Å². The average molecular weight is 216 g/mol. The van der Waals surface area contributed by atoms with Gasteiger partial charge in [0.15, 0.2) is 0 Å². The largest absolute Gasteiger partial charge is 0.444 e. The van der Waals surface area contributed by atoms with E-state index in [1.165, 1.54) is 0 Å². The van der Waals surface area contributed by atoms with Gasteiger partial charge in [-0.1, -0.05) is 0 Å². The van der Waals surface area contributed by atoms with E-state index in [4.69, 9.17) is 4.74 Å². The molecule has 0 rings (SSSR count). The Morgan fingerprint density at radius 3 is 2.07 bits per heavy atom. The van der Waals surface area contributed by atoms with Gasteiger partial charge in [0.1, 0.15) is 5.60 Å². The summed E-state index contributed by atoms with van der Waals surface area (Å²) >= 11 is 0. The minimum absolute atomic E-state index is 0.253. The molecular weight excluding hydrogens is 192 g/mol. The molecule has 0 aliphatic carbocycles. The van der Waals surface area contributed by atoms with Gasteiger partial charge in [0.2, 0.25) is 0 Å². The molecule has 0 aliphatic heterocycles. The second-order valence-corrected chi connectivity index (χ2v) is 5.38. The molecule has 15 heavy (non-hydrogen) atoms. The third-order valence-corrected chi connectivity index (χ3v) is 2.18. The monoisotopic (exact) mass is 216 g/mol. The molecular formula is C11H24N2O2. The quantitative estimate of drug-likeness (QED) is 0.783. The van der Waals surface area contributed by atoms with Gasteiger partial charge in [-0.25, -0.2) is 4.79 Å². The first-order valence-corrected chi connectivity index (χ1v) is 5.21. The topological polar surface area (TPSA) is 41.6 Å². The van der Waals surface area contributed by atoms with Crippen LogP contribution in [0.1, 0.15) is 34.6 Å². The van der Waals surface area contributed by atoms with Crippen LogP contribution in [0.2, 0.25) is 0 Å². The maximum absolute atomic E-state index is 11.8. The lowest BCUT2D eigenvalue weighted by atomic mass is 10.0. The smallest absolute Gasteiger partial charge is 0.410 e. The zero-order valence-electron chi connectivity index (χ0n) is 11.0. The maximum atomic E-state index is 11.8. The van der Waals surface area contributed by atoms with E-state index < -0.39 is 5.60 Å². The van der Waals surface area contributed by atoms with Crippen molar-refractivity contribution in [1.29, 1.82) is 0 Å². The summed E-state index contributed by atoms with van der Waals surface area (Å²) in [7, 11) is 3.62. The molecule has 0 aromatic heterocycles. The van der Waals surface area contributed by atoms with E-state index in [0.717, 1.165) is 6.54 Å². The second kappa shape index (κ2) is 4.84. The van der Waals surface area contributed by atoms with Gasteiger partial charge in [0.25, 0.3) is 0 Å². The Kier molecular flexibility index (Phi) is 4.59. The molecule has 0 aliphatic rings. The molecule has 0 bridgehead atoms. The molecule has 0 saturated carbocycles. The molecule has 0 saturated heterocycles. The highest BCUT2D eigenvalue weighted by atomic mass is 16.6. The number of likely N-dealkylation sites (N-methyl/N-ethyl adjacent to an activating group) is 2. The molecule has 0 unspecified atom stereocenters. The molecule has 1 N–H and O–H groups in total. The number of rotatable bonds is 3. The predicted octanol–water partition coefficient (Wildman–Crippen LogP) is 1.85. The van der Waals surface area contributed by atoms with Crippen LogP contribution < -0.4 is 5.32 Å². The minimum Gasteiger partial charge on any atom is -0.444 e. The summed E-state index contributed by atoms with van der Waals surface area (Å²) in [5.74, 6) is 0. The SMILES string of the molecule is CNCC(C)(C)N(C)C(=O)OC(C)(C)C. The first kappa shape index (κ1) is 14.2. The summed E-state index contributed by atoms with van der Waals surface area (Å²) < 4.78 is 5.29. The Hall–Kier alpha value is -0.770. The highest BCUT2D eigenvalue weighted by Gasteiger charge is 2.30. The predicted molar refractivity (Wildman–Crippen MR) is 62.0 cm³/mol. The fraction of sp³-hybridized carbons (Fsp3) is 0.909. The lowest BCUT2D eigenvalue weighted by Gasteiger charge is -2.36. The molecule has 0 atom stereocenters. The van der Waals surface area contributed by atoms with Crippen molar-refractivity contribution >= 4 is 6.09 Å². The number of hydrogen-bond acceptors (Lipinski definition) is 3. The van der Waals surface area contributed by atoms with Crippen molar-refractivity contribution in [2.24, 2.45) is 0 Å². The highest BCUT2D eigenvalue weighted by Crippen LogP contribution is 2.16. The van der Waals surface area contributed by atoms with Crippen LogP contribution in [0.25, 0.3) is 0 Å². The van der Waals surface area contributed by atoms with Crippen molar-refractivity contribution in [2.45, 2.75) is 45.8 Å². The third-order valence-electron chi connectivity index (χ3n) is 2.18. The number of ether oxygens (including phenoxy) is 1. The fourth-order valence-electron chi connectivity index (χ4n) is 1.13. The number of nitrogens with zero attached hydrogens (tertiary/aromatic N) is 1. The fourth-order valence-corrected chi connectivity index (χ4v) is 1.13. The lowest BCUT2D eigenvalue weighted by Crippen LogP contribution is -2.52. The van der Waals surface area contributed by atoms with Crippen LogP contribution in [0.5, 0.6) is 0 Å². The van der Waals surface area contributed by atoms with Crippen molar-refractivity contribution in [1.82, 2.24) is 10.2 Å². The van der Waals surface area contributed by atoms with Crippen LogP contribution in [0.3, 0.4) is 0 Å². The number of hydrogen-bond donors (Lipinski definition) is 1. The van der Waals surface area contributed by atoms with E-state index in [1.54, 1.807) is 11.9 Å². The molecule has 0 heterocycles. The van der Waals surface area contributed by atoms with Gasteiger partial charge >= 0.3 is 6.09 Å². The van der Waals surface area contributed by atoms with E-state index in [2.05, 4.69) is 5.32 Å². The molecule has 0 fully saturated rings. The standard InChI is InChI=1S/C11H24N2O2/c1-10(2,3)15-9(14)13(7)11(4,5)8-12-6/h12H,8H2,1-7H3. The number of carbonyl (C=O) groups excluding carboxylic acids is 1. The van der Waals surface area contributed by atoms with Crippen molar-refractivity contribution in [3.05, 3.63) is 0 Å². The second-order valence-electron chi connectivity index (χ2n) is 5.38. The van der Waals surface area contributed by atoms with Gasteiger partial charge in [-0.15, -0.1) is 0 Å². The molecule has 90 valence electrons. The van der Waals surface area contributed by atoms with Gasteiger partial charge in [-0.05, 0) is 41.7 Å². The number of carbonyl (C=O) groups is 1. The summed E-state index contributed by atoms with van der Waals surface area (Å²) in [6, 6.07) is 0. The van der Waals surface area contributed by atoms with Crippen LogP contribution in [0.15, 0.2) is 0 Å². The Morgan fingerprint density at radius 1 is 1.27 bits per heavy atom. The van der Waals surface area contributed by atoms with Gasteiger partial charge in [-0.3, -0.25) is 0 Å². The van der Waals surface area contributed by atoms with Crippen LogP contribution in [0, 0.1) is 0 Å². The van der Waals surface area contributed by atoms with E-state index in [9.17, 15) is 4.79 Å². The zero-order valence-corrected chi connectivity index (χ0v) is 11.0. The van der Waals surface area contributed by atoms with Crippen LogP contribution >= 0.6 is 0 Å². The molecule has 1 amide bonds. The van der Waals surface area contributed by atoms with Gasteiger partial charge < -0.3 is 15.0 Å². The lowest BCUT2D eigenvalue weighted by molar-refractivity contribution is 0.0115. The van der Waals surface area contributed by atoms with Gasteiger partial charge in [-0.2, -0.15) is 0 Å². The molecule has 0 spiro atoms. The van der Waals surface area contributed by atoms with Gasteiger partial charge in [0.05, 0.1) is 5.54 Å². The zero-order chi connectivity index (χ0) is 12.3. The molecule has 4 heteroatoms. The Morgan fingerprint density at radius 2 is 1.73 bits per heavy atom. The van der Waals surface area contributed by atoms with E-state index in [1.807, 2.05) is 41.7 Å². The first-order chi connectivity index (χ1) is 6.60. The van der Waals surface area contributed by atoms with E-state index >= 15 is 0 Å². The van der Waals surface area contributed by atoms with Crippen molar-refractivity contribution in [3.8, 4) is 0 Å². The number of nitrogens with one attached hydrogen (secondary N) is 1. The summed E-state index contributed by atoms with van der Waals surface area (Å²) in [6.07, 6.45) is -0.289. The molecule has 0 radical (unpaired) electrons. The highest BCUT2D eigenvalue weighted by molar-refractivity contribution is 5.68. The normalized spacial score (nSPS) is 12.5. The Balaban J connectivity index is 4.44. The van der Waals surface area contributed by atoms with Gasteiger partial charge in [0, 0.05) is 13.6 Å². The summed E-state index contributed by atoms with van der Waals surface area (Å²) in [6.45, 7) is 10.3. The first-order valence-electron chi connectivity index (χ1n) is 5.21. The summed E-state index contributed by atoms with van der Waals surface area (Å²) in [5, 5.41) is 3.06. The molecule has 0 aromatic carbocycles. The maximum Gasteiger partial charge on any atom is 0.410 e. The minimum atomic E-state index is -0.443. The van der Waals surface area contributed by atoms with Crippen LogP contribution in [0.4, 0.5) is 4.79 Å². The van der Waals surface area contributed by atoms with Crippen molar-refractivity contribution in [3.63, 3.8) is 0 Å². The van der Waals surface area contributed by atoms with Crippen LogP contribution in [-0.2, 0) is 4.74 Å². The Bertz CT molecular complexity index is 219. The molecule has 0 aromatic rings. The average Bonchev–Trinajstić information content (AvgIpc) is 1.99. The summed E-state index contributed by atoms with van der Waals surface area (Å²) in [4.78, 5) is 13.4. The van der Waals surface area contributed by atoms with Crippen LogP contribution in [-0.4, -0.2) is 42.8 Å².